The molecule has 2 aliphatic carbocycles. The number of rotatable bonds is 4. The summed E-state index contributed by atoms with van der Waals surface area (Å²) in [6.45, 7) is 3.74. The molecule has 0 aliphatic heterocycles. The van der Waals surface area contributed by atoms with Crippen molar-refractivity contribution >= 4 is 23.2 Å². The van der Waals surface area contributed by atoms with E-state index in [4.69, 9.17) is 17.2 Å². The zero-order valence-corrected chi connectivity index (χ0v) is 22.7. The summed E-state index contributed by atoms with van der Waals surface area (Å²) in [6.07, 6.45) is 2.75. The zero-order valence-electron chi connectivity index (χ0n) is 17.6. The molecule has 159 valence electrons. The van der Waals surface area contributed by atoms with Gasteiger partial charge in [-0.2, -0.15) is 0 Å². The fourth-order valence-corrected chi connectivity index (χ4v) is 27.2. The number of benzene rings is 3. The van der Waals surface area contributed by atoms with E-state index in [9.17, 15) is 10.2 Å². The van der Waals surface area contributed by atoms with Crippen molar-refractivity contribution in [3.05, 3.63) is 97.4 Å². The van der Waals surface area contributed by atoms with E-state index in [1.807, 2.05) is 24.3 Å². The minimum absolute atomic E-state index is 0.309. The molecule has 5 rings (SSSR count). The average Bonchev–Trinajstić information content (AvgIpc) is 3.38. The average molecular weight is 619 g/mol. The van der Waals surface area contributed by atoms with Gasteiger partial charge >= 0.3 is 192 Å². The first-order valence-corrected chi connectivity index (χ1v) is 25.5. The molecule has 3 aromatic carbocycles. The van der Waals surface area contributed by atoms with E-state index in [0.717, 1.165) is 31.1 Å². The van der Waals surface area contributed by atoms with Crippen molar-refractivity contribution in [2.75, 3.05) is 6.61 Å². The molecule has 0 spiro atoms. The number of halogens is 2. The molecule has 0 bridgehead atoms. The predicted octanol–water partition coefficient (Wildman–Crippen LogP) is 6.28. The molecule has 31 heavy (non-hydrogen) atoms. The number of hydrogen-bond acceptors (Lipinski definition) is 2. The van der Waals surface area contributed by atoms with Crippen LogP contribution in [-0.4, -0.2) is 20.7 Å². The molecular formula is C26H25Cl2HfO2. The van der Waals surface area contributed by atoms with Gasteiger partial charge in [0.15, 0.2) is 0 Å². The Bertz CT molecular complexity index is 1200. The van der Waals surface area contributed by atoms with E-state index in [0.29, 0.717) is 6.42 Å². The Kier molecular flexibility index (Phi) is 5.16. The first-order chi connectivity index (χ1) is 14.8. The molecule has 0 amide bonds. The van der Waals surface area contributed by atoms with E-state index in [1.165, 1.54) is 16.7 Å². The van der Waals surface area contributed by atoms with Crippen LogP contribution >= 0.6 is 17.2 Å². The Morgan fingerprint density at radius 1 is 0.903 bits per heavy atom. The number of aliphatic hydroxyl groups is 2. The number of allylic oxidation sites excluding steroid dienone is 1. The number of hydrogen-bond donors (Lipinski definition) is 2. The molecule has 2 nitrogen and oxygen atoms in total. The van der Waals surface area contributed by atoms with Crippen molar-refractivity contribution < 1.29 is 26.3 Å². The Morgan fingerprint density at radius 3 is 2.00 bits per heavy atom. The minimum atomic E-state index is -5.47. The summed E-state index contributed by atoms with van der Waals surface area (Å²) >= 11 is -5.47. The van der Waals surface area contributed by atoms with Crippen LogP contribution in [0.4, 0.5) is 0 Å². The van der Waals surface area contributed by atoms with E-state index < -0.39 is 26.6 Å². The van der Waals surface area contributed by atoms with Crippen LogP contribution in [0.2, 0.25) is 0 Å². The van der Waals surface area contributed by atoms with Gasteiger partial charge in [0.1, 0.15) is 0 Å². The second-order valence-corrected chi connectivity index (χ2v) is 38.9. The van der Waals surface area contributed by atoms with Crippen LogP contribution in [0.5, 0.6) is 0 Å². The maximum atomic E-state index is 11.4. The predicted molar refractivity (Wildman–Crippen MR) is 126 cm³/mol. The van der Waals surface area contributed by atoms with Gasteiger partial charge in [-0.05, 0) is 0 Å². The van der Waals surface area contributed by atoms with Gasteiger partial charge in [0, 0.05) is 0 Å². The number of aryl methyl sites for hydroxylation is 2. The van der Waals surface area contributed by atoms with E-state index >= 15 is 0 Å². The van der Waals surface area contributed by atoms with Crippen LogP contribution in [0.25, 0.3) is 17.2 Å². The van der Waals surface area contributed by atoms with Gasteiger partial charge in [-0.3, -0.25) is 0 Å². The van der Waals surface area contributed by atoms with Crippen molar-refractivity contribution in [2.24, 2.45) is 0 Å². The fourth-order valence-electron chi connectivity index (χ4n) is 5.53. The summed E-state index contributed by atoms with van der Waals surface area (Å²) in [7, 11) is 15.4. The van der Waals surface area contributed by atoms with Crippen LogP contribution in [0.15, 0.2) is 64.0 Å². The van der Waals surface area contributed by atoms with Crippen molar-refractivity contribution in [1.82, 2.24) is 0 Å². The van der Waals surface area contributed by atoms with Crippen molar-refractivity contribution in [3.63, 3.8) is 0 Å². The molecule has 0 fully saturated rings. The number of aliphatic hydroxyl groups excluding tert-OH is 2. The molecule has 1 unspecified atom stereocenters. The summed E-state index contributed by atoms with van der Waals surface area (Å²) in [5.41, 5.74) is 9.09. The van der Waals surface area contributed by atoms with Crippen molar-refractivity contribution in [1.29, 1.82) is 0 Å². The molecule has 1 atom stereocenters. The molecular weight excluding hydrogens is 594 g/mol. The topological polar surface area (TPSA) is 40.5 Å². The van der Waals surface area contributed by atoms with Crippen LogP contribution in [0.1, 0.15) is 37.1 Å². The Hall–Kier alpha value is -1.23. The quantitative estimate of drug-likeness (QED) is 0.338. The standard InChI is InChI=1S/C13H9.C11H11.C2H5O2.2ClH.Hf/c1-3-7-12-10(5-1)9-11-6-2-4-8-13(11)12;1-8-6-7-9(2)11-5-3-4-10(8)11;3-1-2-4;;;/h1-9H;4,6-7H,5H2,1-2H3;1,3-4H,2H2;2*1H;/q;;;;;+2/p-2. The number of fused-ring (bicyclic) bond motifs is 4. The van der Waals surface area contributed by atoms with Crippen molar-refractivity contribution in [3.8, 4) is 11.1 Å². The summed E-state index contributed by atoms with van der Waals surface area (Å²) in [6, 6.07) is 20.6. The van der Waals surface area contributed by atoms with Gasteiger partial charge in [0.25, 0.3) is 0 Å². The molecule has 2 N–H and O–H groups in total. The van der Waals surface area contributed by atoms with Crippen LogP contribution in [0, 0.1) is 13.8 Å². The molecule has 0 aromatic heterocycles. The third-order valence-electron chi connectivity index (χ3n) is 7.26. The van der Waals surface area contributed by atoms with Gasteiger partial charge < -0.3 is 0 Å². The third-order valence-corrected chi connectivity index (χ3v) is 35.6. The third kappa shape index (κ3) is 2.94. The van der Waals surface area contributed by atoms with Crippen molar-refractivity contribution in [2.45, 2.75) is 27.8 Å². The summed E-state index contributed by atoms with van der Waals surface area (Å²) < 4.78 is -0.535. The summed E-state index contributed by atoms with van der Waals surface area (Å²) in [5, 5.41) is 21.6. The Morgan fingerprint density at radius 2 is 1.45 bits per heavy atom. The van der Waals surface area contributed by atoms with Gasteiger partial charge in [0.2, 0.25) is 0 Å². The van der Waals surface area contributed by atoms with E-state index in [2.05, 4.69) is 56.3 Å². The van der Waals surface area contributed by atoms with Crippen LogP contribution in [-0.2, 0) is 22.6 Å². The Balaban J connectivity index is 1.80. The Labute approximate surface area is 191 Å². The fraction of sp³-hybridized carbons (Fsp3) is 0.231. The van der Waals surface area contributed by atoms with E-state index in [1.54, 1.807) is 0 Å². The van der Waals surface area contributed by atoms with Gasteiger partial charge in [-0.15, -0.1) is 0 Å². The first-order valence-electron chi connectivity index (χ1n) is 10.6. The zero-order chi connectivity index (χ0) is 22.0. The molecule has 0 saturated carbocycles. The normalized spacial score (nSPS) is 17.4. The maximum absolute atomic E-state index is 11.4. The summed E-state index contributed by atoms with van der Waals surface area (Å²) in [4.78, 5) is 0. The molecule has 5 heteroatoms. The van der Waals surface area contributed by atoms with Crippen LogP contribution in [0.3, 0.4) is 0 Å². The van der Waals surface area contributed by atoms with E-state index in [-0.39, 0.29) is 3.67 Å². The molecule has 0 heterocycles. The monoisotopic (exact) mass is 619 g/mol. The molecule has 0 saturated heterocycles. The molecule has 0 radical (unpaired) electrons. The second kappa shape index (κ2) is 7.40. The van der Waals surface area contributed by atoms with Gasteiger partial charge in [-0.25, -0.2) is 0 Å². The van der Waals surface area contributed by atoms with Crippen LogP contribution < -0.4 is 0 Å². The first kappa shape index (κ1) is 21.6. The van der Waals surface area contributed by atoms with Gasteiger partial charge in [0.05, 0.1) is 0 Å². The second-order valence-electron chi connectivity index (χ2n) is 8.90. The van der Waals surface area contributed by atoms with Gasteiger partial charge in [-0.1, -0.05) is 0 Å². The molecule has 2 aliphatic rings. The summed E-state index contributed by atoms with van der Waals surface area (Å²) in [5.74, 6) is 0. The molecule has 3 aromatic rings. The SMILES string of the molecule is Cc1ccc(C)c2c1C=[C]([Hf]([Cl])([Cl])([CH](O)CO)[CH]1c3ccccc3-c3ccccc31)C2.